The fourth-order valence-electron chi connectivity index (χ4n) is 1.53. The minimum Gasteiger partial charge on any atom is -0.264 e. The first-order chi connectivity index (χ1) is 6.34. The number of aromatic nitrogens is 1. The van der Waals surface area contributed by atoms with Crippen molar-refractivity contribution in [2.24, 2.45) is 0 Å². The van der Waals surface area contributed by atoms with Gasteiger partial charge in [-0.05, 0) is 24.0 Å². The van der Waals surface area contributed by atoms with Crippen LogP contribution in [-0.4, -0.2) is 4.98 Å². The Morgan fingerprint density at radius 3 is 2.85 bits per heavy atom. The third kappa shape index (κ3) is 3.58. The fraction of sp³-hybridized carbons (Fsp3) is 0.583. The van der Waals surface area contributed by atoms with Gasteiger partial charge in [-0.25, -0.2) is 0 Å². The summed E-state index contributed by atoms with van der Waals surface area (Å²) in [6.07, 6.45) is 9.11. The lowest BCUT2D eigenvalue weighted by Crippen LogP contribution is -1.93. The summed E-state index contributed by atoms with van der Waals surface area (Å²) in [7, 11) is 0. The van der Waals surface area contributed by atoms with Crippen molar-refractivity contribution in [1.29, 1.82) is 0 Å². The highest BCUT2D eigenvalue weighted by atomic mass is 14.6. The maximum Gasteiger partial charge on any atom is 0.0302 e. The van der Waals surface area contributed by atoms with E-state index in [1.807, 2.05) is 18.5 Å². The zero-order chi connectivity index (χ0) is 9.52. The molecule has 1 rings (SSSR count). The summed E-state index contributed by atoms with van der Waals surface area (Å²) in [5.41, 5.74) is 1.37. The van der Waals surface area contributed by atoms with Crippen molar-refractivity contribution >= 4 is 0 Å². The van der Waals surface area contributed by atoms with Gasteiger partial charge in [0.05, 0.1) is 0 Å². The van der Waals surface area contributed by atoms with Gasteiger partial charge in [-0.3, -0.25) is 4.98 Å². The van der Waals surface area contributed by atoms with Gasteiger partial charge in [-0.15, -0.1) is 0 Å². The summed E-state index contributed by atoms with van der Waals surface area (Å²) in [6.45, 7) is 4.53. The first-order valence-corrected chi connectivity index (χ1v) is 5.24. The highest BCUT2D eigenvalue weighted by Gasteiger charge is 2.03. The van der Waals surface area contributed by atoms with E-state index in [1.165, 1.54) is 31.2 Å². The Labute approximate surface area is 81.2 Å². The Morgan fingerprint density at radius 1 is 1.38 bits per heavy atom. The molecule has 0 aliphatic rings. The molecule has 1 nitrogen and oxygen atoms in total. The van der Waals surface area contributed by atoms with Crippen LogP contribution in [-0.2, 0) is 0 Å². The van der Waals surface area contributed by atoms with Crippen LogP contribution in [0.3, 0.4) is 0 Å². The van der Waals surface area contributed by atoms with E-state index in [-0.39, 0.29) is 0 Å². The Morgan fingerprint density at radius 2 is 2.23 bits per heavy atom. The zero-order valence-electron chi connectivity index (χ0n) is 8.66. The molecule has 0 aliphatic heterocycles. The second-order valence-electron chi connectivity index (χ2n) is 3.68. The van der Waals surface area contributed by atoms with Crippen LogP contribution >= 0.6 is 0 Å². The van der Waals surface area contributed by atoms with Crippen molar-refractivity contribution in [1.82, 2.24) is 4.98 Å². The maximum atomic E-state index is 4.13. The quantitative estimate of drug-likeness (QED) is 0.624. The van der Waals surface area contributed by atoms with Crippen LogP contribution in [0.2, 0.25) is 0 Å². The van der Waals surface area contributed by atoms with E-state index in [0.717, 1.165) is 0 Å². The molecule has 0 N–H and O–H groups in total. The molecule has 1 heteroatoms. The molecule has 1 atom stereocenters. The van der Waals surface area contributed by atoms with Crippen LogP contribution in [0, 0.1) is 0 Å². The van der Waals surface area contributed by atoms with Crippen molar-refractivity contribution in [3.63, 3.8) is 0 Å². The summed E-state index contributed by atoms with van der Waals surface area (Å²) in [4.78, 5) is 4.13. The third-order valence-corrected chi connectivity index (χ3v) is 2.49. The zero-order valence-corrected chi connectivity index (χ0v) is 8.66. The summed E-state index contributed by atoms with van der Waals surface area (Å²) in [5, 5.41) is 0. The number of pyridine rings is 1. The van der Waals surface area contributed by atoms with Gasteiger partial charge in [0.15, 0.2) is 0 Å². The second-order valence-corrected chi connectivity index (χ2v) is 3.68. The van der Waals surface area contributed by atoms with Crippen molar-refractivity contribution < 1.29 is 0 Å². The number of hydrogen-bond donors (Lipinski definition) is 0. The predicted octanol–water partition coefficient (Wildman–Crippen LogP) is 3.77. The van der Waals surface area contributed by atoms with Crippen LogP contribution in [0.25, 0.3) is 0 Å². The normalized spacial score (nSPS) is 12.8. The highest BCUT2D eigenvalue weighted by molar-refractivity contribution is 5.13. The molecule has 0 aromatic carbocycles. The lowest BCUT2D eigenvalue weighted by Gasteiger charge is -2.10. The van der Waals surface area contributed by atoms with Gasteiger partial charge < -0.3 is 0 Å². The van der Waals surface area contributed by atoms with Gasteiger partial charge in [-0.1, -0.05) is 39.2 Å². The topological polar surface area (TPSA) is 12.9 Å². The molecular weight excluding hydrogens is 158 g/mol. The van der Waals surface area contributed by atoms with E-state index in [0.29, 0.717) is 5.92 Å². The molecule has 0 saturated heterocycles. The molecule has 0 radical (unpaired) electrons. The number of unbranched alkanes of at least 4 members (excludes halogenated alkanes) is 2. The van der Waals surface area contributed by atoms with Crippen LogP contribution in [0.1, 0.15) is 51.0 Å². The monoisotopic (exact) mass is 177 g/mol. The van der Waals surface area contributed by atoms with E-state index >= 15 is 0 Å². The summed E-state index contributed by atoms with van der Waals surface area (Å²) in [5.74, 6) is 0.667. The fourth-order valence-corrected chi connectivity index (χ4v) is 1.53. The van der Waals surface area contributed by atoms with Crippen molar-refractivity contribution in [2.45, 2.75) is 45.4 Å². The van der Waals surface area contributed by atoms with Gasteiger partial charge in [0.1, 0.15) is 0 Å². The number of hydrogen-bond acceptors (Lipinski definition) is 1. The molecule has 0 aliphatic carbocycles. The van der Waals surface area contributed by atoms with Crippen molar-refractivity contribution in [3.8, 4) is 0 Å². The Hall–Kier alpha value is -0.850. The first kappa shape index (κ1) is 10.2. The largest absolute Gasteiger partial charge is 0.264 e. The Bertz CT molecular complexity index is 218. The molecular formula is C12H19N. The average Bonchev–Trinajstić information content (AvgIpc) is 2.19. The van der Waals surface area contributed by atoms with E-state index in [4.69, 9.17) is 0 Å². The molecule has 0 bridgehead atoms. The molecule has 1 heterocycles. The van der Waals surface area contributed by atoms with E-state index in [2.05, 4.69) is 24.9 Å². The van der Waals surface area contributed by atoms with Gasteiger partial charge in [-0.2, -0.15) is 0 Å². The van der Waals surface area contributed by atoms with Crippen molar-refractivity contribution in [3.05, 3.63) is 30.1 Å². The van der Waals surface area contributed by atoms with Crippen LogP contribution in [0.15, 0.2) is 24.5 Å². The first-order valence-electron chi connectivity index (χ1n) is 5.24. The van der Waals surface area contributed by atoms with Gasteiger partial charge >= 0.3 is 0 Å². The second kappa shape index (κ2) is 5.74. The Kier molecular flexibility index (Phi) is 4.52. The van der Waals surface area contributed by atoms with Crippen LogP contribution < -0.4 is 0 Å². The molecule has 0 saturated carbocycles. The van der Waals surface area contributed by atoms with E-state index in [9.17, 15) is 0 Å². The standard InChI is InChI=1S/C12H19N/c1-3-4-5-7-11(2)12-8-6-9-13-10-12/h6,8-11H,3-5,7H2,1-2H3/t11-/m1/s1. The van der Waals surface area contributed by atoms with E-state index < -0.39 is 0 Å². The smallest absolute Gasteiger partial charge is 0.0302 e. The summed E-state index contributed by atoms with van der Waals surface area (Å²) >= 11 is 0. The molecule has 0 unspecified atom stereocenters. The average molecular weight is 177 g/mol. The maximum absolute atomic E-state index is 4.13. The summed E-state index contributed by atoms with van der Waals surface area (Å²) < 4.78 is 0. The summed E-state index contributed by atoms with van der Waals surface area (Å²) in [6, 6.07) is 4.19. The van der Waals surface area contributed by atoms with E-state index in [1.54, 1.807) is 0 Å². The lowest BCUT2D eigenvalue weighted by molar-refractivity contribution is 0.597. The van der Waals surface area contributed by atoms with Gasteiger partial charge in [0.2, 0.25) is 0 Å². The highest BCUT2D eigenvalue weighted by Crippen LogP contribution is 2.20. The molecule has 0 fully saturated rings. The minimum absolute atomic E-state index is 0.667. The number of rotatable bonds is 5. The van der Waals surface area contributed by atoms with Crippen LogP contribution in [0.4, 0.5) is 0 Å². The molecule has 72 valence electrons. The molecule has 0 amide bonds. The SMILES string of the molecule is CCCCC[C@@H](C)c1cccnc1. The molecule has 0 spiro atoms. The third-order valence-electron chi connectivity index (χ3n) is 2.49. The number of nitrogens with zero attached hydrogens (tertiary/aromatic N) is 1. The molecule has 1 aromatic rings. The Balaban J connectivity index is 2.35. The molecule has 13 heavy (non-hydrogen) atoms. The van der Waals surface area contributed by atoms with Crippen LogP contribution in [0.5, 0.6) is 0 Å². The van der Waals surface area contributed by atoms with Crippen molar-refractivity contribution in [2.75, 3.05) is 0 Å². The predicted molar refractivity (Wildman–Crippen MR) is 56.8 cm³/mol. The minimum atomic E-state index is 0.667. The van der Waals surface area contributed by atoms with Gasteiger partial charge in [0, 0.05) is 12.4 Å². The van der Waals surface area contributed by atoms with Gasteiger partial charge in [0.25, 0.3) is 0 Å². The lowest BCUT2D eigenvalue weighted by atomic mass is 9.97. The molecule has 1 aromatic heterocycles.